The van der Waals surface area contributed by atoms with Gasteiger partial charge in [-0.2, -0.15) is 0 Å². The monoisotopic (exact) mass is 476 g/mol. The Kier molecular flexibility index (Phi) is 5.74. The van der Waals surface area contributed by atoms with Crippen LogP contribution in [0.15, 0.2) is 64.4 Å². The largest absolute Gasteiger partial charge is 0.397 e. The van der Waals surface area contributed by atoms with Crippen molar-refractivity contribution < 1.29 is 9.72 Å². The number of nitrogens with one attached hydrogen (secondary N) is 1. The van der Waals surface area contributed by atoms with Crippen molar-refractivity contribution in [2.24, 2.45) is 0 Å². The summed E-state index contributed by atoms with van der Waals surface area (Å²) < 4.78 is 0. The number of aryl methyl sites for hydroxylation is 2. The number of carbonyl (C=O) groups is 1. The van der Waals surface area contributed by atoms with Gasteiger partial charge in [-0.1, -0.05) is 11.8 Å². The number of nitro benzene ring substituents is 1. The molecule has 1 amide bonds. The molecule has 3 N–H and O–H groups in total. The van der Waals surface area contributed by atoms with Crippen molar-refractivity contribution in [3.63, 3.8) is 0 Å². The van der Waals surface area contributed by atoms with E-state index in [9.17, 15) is 14.9 Å². The predicted molar refractivity (Wildman–Crippen MR) is 132 cm³/mol. The third-order valence-electron chi connectivity index (χ3n) is 5.60. The Balaban J connectivity index is 1.30. The molecule has 5 rings (SSSR count). The molecule has 2 aromatic heterocycles. The lowest BCUT2D eigenvalue weighted by Gasteiger charge is -2.14. The van der Waals surface area contributed by atoms with Crippen LogP contribution < -0.4 is 11.1 Å². The molecule has 0 saturated carbocycles. The summed E-state index contributed by atoms with van der Waals surface area (Å²) in [5.74, 6) is -0.246. The van der Waals surface area contributed by atoms with E-state index in [2.05, 4.69) is 11.4 Å². The summed E-state index contributed by atoms with van der Waals surface area (Å²) in [4.78, 5) is 31.2. The van der Waals surface area contributed by atoms with Crippen molar-refractivity contribution in [3.8, 4) is 0 Å². The highest BCUT2D eigenvalue weighted by Gasteiger charge is 2.20. The molecule has 0 bridgehead atoms. The van der Waals surface area contributed by atoms with Crippen LogP contribution in [-0.2, 0) is 12.8 Å². The fourth-order valence-electron chi connectivity index (χ4n) is 3.89. The summed E-state index contributed by atoms with van der Waals surface area (Å²) in [5, 5.41) is 14.6. The van der Waals surface area contributed by atoms with Crippen LogP contribution in [0.5, 0.6) is 0 Å². The molecular weight excluding hydrogens is 456 g/mol. The number of hydrogen-bond donors (Lipinski definition) is 2. The zero-order chi connectivity index (χ0) is 22.9. The molecule has 1 aliphatic carbocycles. The number of anilines is 2. The molecular formula is C24H20N4O3S2. The van der Waals surface area contributed by atoms with Crippen LogP contribution in [0.2, 0.25) is 0 Å². The number of aromatic nitrogens is 1. The number of rotatable bonds is 5. The number of nitro groups is 1. The molecule has 0 spiro atoms. The number of amides is 1. The van der Waals surface area contributed by atoms with Gasteiger partial charge in [0.25, 0.3) is 11.6 Å². The molecule has 0 radical (unpaired) electrons. The maximum atomic E-state index is 12.9. The van der Waals surface area contributed by atoms with E-state index in [1.807, 2.05) is 24.3 Å². The van der Waals surface area contributed by atoms with Gasteiger partial charge >= 0.3 is 0 Å². The van der Waals surface area contributed by atoms with Crippen molar-refractivity contribution in [2.45, 2.75) is 35.5 Å². The van der Waals surface area contributed by atoms with Crippen LogP contribution in [0, 0.1) is 10.1 Å². The first-order valence-electron chi connectivity index (χ1n) is 10.5. The van der Waals surface area contributed by atoms with Gasteiger partial charge in [-0.3, -0.25) is 14.9 Å². The number of hydrogen-bond acceptors (Lipinski definition) is 7. The maximum Gasteiger partial charge on any atom is 0.269 e. The number of benzene rings is 2. The van der Waals surface area contributed by atoms with Crippen LogP contribution in [-0.4, -0.2) is 15.8 Å². The fraction of sp³-hybridized carbons (Fsp3) is 0.167. The Hall–Kier alpha value is -3.43. The van der Waals surface area contributed by atoms with E-state index in [4.69, 9.17) is 10.7 Å². The predicted octanol–water partition coefficient (Wildman–Crippen LogP) is 6.07. The minimum Gasteiger partial charge on any atom is -0.397 e. The van der Waals surface area contributed by atoms with E-state index in [1.165, 1.54) is 40.8 Å². The number of non-ortho nitro benzene ring substituents is 1. The molecule has 0 unspecified atom stereocenters. The average Bonchev–Trinajstić information content (AvgIpc) is 3.15. The molecule has 0 aliphatic heterocycles. The van der Waals surface area contributed by atoms with E-state index in [-0.39, 0.29) is 11.6 Å². The van der Waals surface area contributed by atoms with E-state index in [0.29, 0.717) is 16.3 Å². The molecule has 33 heavy (non-hydrogen) atoms. The van der Waals surface area contributed by atoms with Gasteiger partial charge in [0.1, 0.15) is 9.71 Å². The highest BCUT2D eigenvalue weighted by Crippen LogP contribution is 2.36. The minimum atomic E-state index is -0.417. The molecule has 7 nitrogen and oxygen atoms in total. The Labute approximate surface area is 198 Å². The maximum absolute atomic E-state index is 12.9. The van der Waals surface area contributed by atoms with Gasteiger partial charge in [0, 0.05) is 38.7 Å². The van der Waals surface area contributed by atoms with Gasteiger partial charge < -0.3 is 11.1 Å². The second-order valence-electron chi connectivity index (χ2n) is 7.83. The first kappa shape index (κ1) is 21.4. The lowest BCUT2D eigenvalue weighted by Crippen LogP contribution is -2.11. The molecule has 0 atom stereocenters. The van der Waals surface area contributed by atoms with E-state index in [1.54, 1.807) is 12.1 Å². The van der Waals surface area contributed by atoms with Crippen molar-refractivity contribution in [3.05, 3.63) is 80.8 Å². The lowest BCUT2D eigenvalue weighted by atomic mass is 9.95. The standard InChI is InChI=1S/C24H20N4O3S2/c25-21-19-13-14-3-1-2-4-20(14)27-24(19)33-22(21)23(29)26-15-5-9-17(10-6-15)32-18-11-7-16(8-12-18)28(30)31/h5-13H,1-4,25H2,(H,26,29). The van der Waals surface area contributed by atoms with Gasteiger partial charge in [0.15, 0.2) is 0 Å². The van der Waals surface area contributed by atoms with Crippen LogP contribution >= 0.6 is 23.1 Å². The first-order valence-corrected chi connectivity index (χ1v) is 12.2. The number of nitrogen functional groups attached to an aromatic ring is 1. The van der Waals surface area contributed by atoms with Crippen LogP contribution in [0.3, 0.4) is 0 Å². The highest BCUT2D eigenvalue weighted by molar-refractivity contribution is 7.99. The normalized spacial score (nSPS) is 13.0. The van der Waals surface area contributed by atoms with Crippen molar-refractivity contribution >= 4 is 56.3 Å². The Morgan fingerprint density at radius 3 is 2.42 bits per heavy atom. The van der Waals surface area contributed by atoms with Crippen LogP contribution in [0.1, 0.15) is 33.8 Å². The number of nitrogens with zero attached hydrogens (tertiary/aromatic N) is 2. The molecule has 0 fully saturated rings. The third kappa shape index (κ3) is 4.42. The second-order valence-corrected chi connectivity index (χ2v) is 9.98. The van der Waals surface area contributed by atoms with Gasteiger partial charge in [-0.15, -0.1) is 11.3 Å². The zero-order valence-electron chi connectivity index (χ0n) is 17.5. The second kappa shape index (κ2) is 8.84. The summed E-state index contributed by atoms with van der Waals surface area (Å²) in [6.07, 6.45) is 4.31. The SMILES string of the molecule is Nc1c(C(=O)Nc2ccc(Sc3ccc([N+](=O)[O-])cc3)cc2)sc2nc3c(cc12)CCCC3. The minimum absolute atomic E-state index is 0.0632. The van der Waals surface area contributed by atoms with Gasteiger partial charge in [-0.25, -0.2) is 4.98 Å². The smallest absolute Gasteiger partial charge is 0.269 e. The van der Waals surface area contributed by atoms with E-state index >= 15 is 0 Å². The molecule has 4 aromatic rings. The highest BCUT2D eigenvalue weighted by atomic mass is 32.2. The number of nitrogens with two attached hydrogens (primary N) is 1. The Bertz CT molecular complexity index is 1370. The third-order valence-corrected chi connectivity index (χ3v) is 7.73. The molecule has 0 saturated heterocycles. The topological polar surface area (TPSA) is 111 Å². The summed E-state index contributed by atoms with van der Waals surface area (Å²) >= 11 is 2.82. The summed E-state index contributed by atoms with van der Waals surface area (Å²) in [6.45, 7) is 0. The van der Waals surface area contributed by atoms with Crippen LogP contribution in [0.4, 0.5) is 17.1 Å². The molecule has 166 valence electrons. The van der Waals surface area contributed by atoms with Crippen molar-refractivity contribution in [1.29, 1.82) is 0 Å². The zero-order valence-corrected chi connectivity index (χ0v) is 19.2. The van der Waals surface area contributed by atoms with Gasteiger partial charge in [0.2, 0.25) is 0 Å². The molecule has 1 aliphatic rings. The average molecular weight is 477 g/mol. The number of fused-ring (bicyclic) bond motifs is 2. The Morgan fingerprint density at radius 2 is 1.73 bits per heavy atom. The summed E-state index contributed by atoms with van der Waals surface area (Å²) in [6, 6.07) is 15.9. The first-order chi connectivity index (χ1) is 16.0. The number of pyridine rings is 1. The molecule has 9 heteroatoms. The van der Waals surface area contributed by atoms with Gasteiger partial charge in [0.05, 0.1) is 10.6 Å². The van der Waals surface area contributed by atoms with Crippen molar-refractivity contribution in [1.82, 2.24) is 4.98 Å². The fourth-order valence-corrected chi connectivity index (χ4v) is 5.70. The Morgan fingerprint density at radius 1 is 1.06 bits per heavy atom. The van der Waals surface area contributed by atoms with Gasteiger partial charge in [-0.05, 0) is 73.7 Å². The van der Waals surface area contributed by atoms with Crippen LogP contribution in [0.25, 0.3) is 10.2 Å². The number of carbonyl (C=O) groups excluding carboxylic acids is 1. The summed E-state index contributed by atoms with van der Waals surface area (Å²) in [5.41, 5.74) is 9.91. The quantitative estimate of drug-likeness (QED) is 0.267. The summed E-state index contributed by atoms with van der Waals surface area (Å²) in [7, 11) is 0. The van der Waals surface area contributed by atoms with E-state index in [0.717, 1.165) is 51.4 Å². The molecule has 2 aromatic carbocycles. The number of thiophene rings is 1. The molecule has 2 heterocycles. The van der Waals surface area contributed by atoms with Crippen molar-refractivity contribution in [2.75, 3.05) is 11.1 Å². The lowest BCUT2D eigenvalue weighted by molar-refractivity contribution is -0.384. The van der Waals surface area contributed by atoms with E-state index < -0.39 is 4.92 Å².